The van der Waals surface area contributed by atoms with Crippen LogP contribution >= 0.6 is 0 Å². The van der Waals surface area contributed by atoms with Crippen LogP contribution in [-0.2, 0) is 4.74 Å². The zero-order valence-corrected chi connectivity index (χ0v) is 11.1. The predicted octanol–water partition coefficient (Wildman–Crippen LogP) is 1.55. The monoisotopic (exact) mass is 280 g/mol. The summed E-state index contributed by atoms with van der Waals surface area (Å²) in [5.74, 6) is -0.996. The number of phenolic OH excluding ortho intramolecular Hbond substituents is 1. The van der Waals surface area contributed by atoms with Crippen molar-refractivity contribution in [1.29, 1.82) is 0 Å². The first kappa shape index (κ1) is 14.3. The Labute approximate surface area is 115 Å². The van der Waals surface area contributed by atoms with Crippen LogP contribution in [0.25, 0.3) is 0 Å². The van der Waals surface area contributed by atoms with Gasteiger partial charge in [0.1, 0.15) is 0 Å². The molecule has 1 fully saturated rings. The van der Waals surface area contributed by atoms with E-state index >= 15 is 0 Å². The average molecular weight is 280 g/mol. The Balaban J connectivity index is 2.28. The van der Waals surface area contributed by atoms with Gasteiger partial charge in [0, 0.05) is 25.8 Å². The van der Waals surface area contributed by atoms with E-state index in [2.05, 4.69) is 0 Å². The van der Waals surface area contributed by atoms with Crippen LogP contribution in [0.5, 0.6) is 5.75 Å². The molecule has 0 saturated carbocycles. The Hall–Kier alpha value is -2.15. The number of ether oxygens (including phenoxy) is 1. The molecule has 7 nitrogen and oxygen atoms in total. The smallest absolute Gasteiger partial charge is 0.311 e. The maximum atomic E-state index is 12.4. The van der Waals surface area contributed by atoms with E-state index in [-0.39, 0.29) is 11.7 Å². The second-order valence-corrected chi connectivity index (χ2v) is 4.72. The highest BCUT2D eigenvalue weighted by Crippen LogP contribution is 2.30. The van der Waals surface area contributed by atoms with Gasteiger partial charge < -0.3 is 14.7 Å². The van der Waals surface area contributed by atoms with Crippen molar-refractivity contribution in [1.82, 2.24) is 4.90 Å². The minimum absolute atomic E-state index is 0.0479. The van der Waals surface area contributed by atoms with Gasteiger partial charge in [-0.1, -0.05) is 6.07 Å². The van der Waals surface area contributed by atoms with E-state index in [1.807, 2.05) is 6.92 Å². The molecule has 108 valence electrons. The summed E-state index contributed by atoms with van der Waals surface area (Å²) in [6.07, 6.45) is 0.605. The number of hydrogen-bond acceptors (Lipinski definition) is 5. The first-order valence-corrected chi connectivity index (χ1v) is 6.38. The molecular weight excluding hydrogens is 264 g/mol. The van der Waals surface area contributed by atoms with E-state index < -0.39 is 22.3 Å². The third kappa shape index (κ3) is 2.88. The Morgan fingerprint density at radius 3 is 3.00 bits per heavy atom. The molecule has 1 aromatic rings. The van der Waals surface area contributed by atoms with Gasteiger partial charge in [-0.05, 0) is 19.4 Å². The zero-order valence-electron chi connectivity index (χ0n) is 11.1. The standard InChI is InChI=1S/C13H16N2O5/c1-9-8-14(6-3-7-20-9)13(17)10-4-2-5-11(12(10)16)15(18)19/h2,4-5,9,16H,3,6-8H2,1H3. The molecule has 0 radical (unpaired) electrons. The normalized spacial score (nSPS) is 19.4. The summed E-state index contributed by atoms with van der Waals surface area (Å²) in [5, 5.41) is 20.7. The minimum atomic E-state index is -0.708. The number of phenols is 1. The molecule has 0 aromatic heterocycles. The van der Waals surface area contributed by atoms with Gasteiger partial charge in [-0.15, -0.1) is 0 Å². The van der Waals surface area contributed by atoms with Crippen molar-refractivity contribution >= 4 is 11.6 Å². The summed E-state index contributed by atoms with van der Waals surface area (Å²) in [5.41, 5.74) is -0.511. The fourth-order valence-electron chi connectivity index (χ4n) is 2.20. The molecule has 20 heavy (non-hydrogen) atoms. The van der Waals surface area contributed by atoms with Gasteiger partial charge in [-0.2, -0.15) is 0 Å². The molecule has 1 saturated heterocycles. The van der Waals surface area contributed by atoms with Crippen molar-refractivity contribution < 1.29 is 19.6 Å². The SMILES string of the molecule is CC1CN(C(=O)c2cccc([N+](=O)[O-])c2O)CCCO1. The molecule has 7 heteroatoms. The Morgan fingerprint density at radius 2 is 2.30 bits per heavy atom. The van der Waals surface area contributed by atoms with Crippen LogP contribution in [0, 0.1) is 10.1 Å². The van der Waals surface area contributed by atoms with Crippen molar-refractivity contribution in [3.05, 3.63) is 33.9 Å². The lowest BCUT2D eigenvalue weighted by atomic mass is 10.1. The van der Waals surface area contributed by atoms with Crippen molar-refractivity contribution in [2.45, 2.75) is 19.4 Å². The fraction of sp³-hybridized carbons (Fsp3) is 0.462. The molecule has 1 N–H and O–H groups in total. The molecule has 0 bridgehead atoms. The lowest BCUT2D eigenvalue weighted by Crippen LogP contribution is -2.36. The minimum Gasteiger partial charge on any atom is -0.502 e. The number of hydrogen-bond donors (Lipinski definition) is 1. The average Bonchev–Trinajstić information content (AvgIpc) is 2.62. The van der Waals surface area contributed by atoms with Crippen LogP contribution in [0.4, 0.5) is 5.69 Å². The number of amides is 1. The van der Waals surface area contributed by atoms with Crippen LogP contribution in [-0.4, -0.2) is 46.6 Å². The van der Waals surface area contributed by atoms with Crippen molar-refractivity contribution in [2.75, 3.05) is 19.7 Å². The summed E-state index contributed by atoms with van der Waals surface area (Å²) in [6.45, 7) is 3.34. The highest BCUT2D eigenvalue weighted by molar-refractivity contribution is 5.98. The summed E-state index contributed by atoms with van der Waals surface area (Å²) in [4.78, 5) is 24.0. The first-order valence-electron chi connectivity index (χ1n) is 6.38. The van der Waals surface area contributed by atoms with E-state index in [0.717, 1.165) is 0 Å². The van der Waals surface area contributed by atoms with Crippen molar-refractivity contribution in [3.63, 3.8) is 0 Å². The lowest BCUT2D eigenvalue weighted by Gasteiger charge is -2.22. The summed E-state index contributed by atoms with van der Waals surface area (Å²) < 4.78 is 5.45. The van der Waals surface area contributed by atoms with Gasteiger partial charge in [0.25, 0.3) is 5.91 Å². The lowest BCUT2D eigenvalue weighted by molar-refractivity contribution is -0.385. The Kier molecular flexibility index (Phi) is 4.19. The highest BCUT2D eigenvalue weighted by atomic mass is 16.6. The maximum absolute atomic E-state index is 12.4. The number of carbonyl (C=O) groups excluding carboxylic acids is 1. The van der Waals surface area contributed by atoms with Gasteiger partial charge in [0.2, 0.25) is 5.75 Å². The van der Waals surface area contributed by atoms with Crippen LogP contribution < -0.4 is 0 Å². The molecule has 0 spiro atoms. The molecule has 1 aliphatic heterocycles. The molecule has 1 amide bonds. The summed E-state index contributed by atoms with van der Waals surface area (Å²) >= 11 is 0. The highest BCUT2D eigenvalue weighted by Gasteiger charge is 2.26. The number of nitrogens with zero attached hydrogens (tertiary/aromatic N) is 2. The van der Waals surface area contributed by atoms with Gasteiger partial charge in [0.05, 0.1) is 16.6 Å². The van der Waals surface area contributed by atoms with Gasteiger partial charge in [-0.25, -0.2) is 0 Å². The van der Waals surface area contributed by atoms with Gasteiger partial charge >= 0.3 is 5.69 Å². The van der Waals surface area contributed by atoms with Crippen LogP contribution in [0.1, 0.15) is 23.7 Å². The van der Waals surface area contributed by atoms with Gasteiger partial charge in [-0.3, -0.25) is 14.9 Å². The van der Waals surface area contributed by atoms with E-state index in [1.165, 1.54) is 18.2 Å². The van der Waals surface area contributed by atoms with Gasteiger partial charge in [0.15, 0.2) is 0 Å². The first-order chi connectivity index (χ1) is 9.50. The van der Waals surface area contributed by atoms with Crippen LogP contribution in [0.15, 0.2) is 18.2 Å². The third-order valence-electron chi connectivity index (χ3n) is 3.18. The topological polar surface area (TPSA) is 92.9 Å². The molecule has 1 heterocycles. The van der Waals surface area contributed by atoms with Crippen molar-refractivity contribution in [2.24, 2.45) is 0 Å². The molecule has 0 aliphatic carbocycles. The number of nitro groups is 1. The second-order valence-electron chi connectivity index (χ2n) is 4.72. The van der Waals surface area contributed by atoms with Crippen LogP contribution in [0.2, 0.25) is 0 Å². The Morgan fingerprint density at radius 1 is 1.55 bits per heavy atom. The Bertz CT molecular complexity index is 531. The number of para-hydroxylation sites is 1. The fourth-order valence-corrected chi connectivity index (χ4v) is 2.20. The molecule has 1 atom stereocenters. The third-order valence-corrected chi connectivity index (χ3v) is 3.18. The van der Waals surface area contributed by atoms with E-state index in [1.54, 1.807) is 4.90 Å². The van der Waals surface area contributed by atoms with E-state index in [4.69, 9.17) is 4.74 Å². The van der Waals surface area contributed by atoms with Crippen LogP contribution in [0.3, 0.4) is 0 Å². The predicted molar refractivity (Wildman–Crippen MR) is 70.7 cm³/mol. The second kappa shape index (κ2) is 5.87. The number of rotatable bonds is 2. The quantitative estimate of drug-likeness (QED) is 0.655. The number of nitro benzene ring substituents is 1. The number of carbonyl (C=O) groups is 1. The molecule has 1 aliphatic rings. The largest absolute Gasteiger partial charge is 0.502 e. The summed E-state index contributed by atoms with van der Waals surface area (Å²) in [6, 6.07) is 3.95. The van der Waals surface area contributed by atoms with Crippen molar-refractivity contribution in [3.8, 4) is 5.75 Å². The number of benzene rings is 1. The maximum Gasteiger partial charge on any atom is 0.311 e. The van der Waals surface area contributed by atoms with E-state index in [0.29, 0.717) is 26.1 Å². The molecule has 1 aromatic carbocycles. The molecule has 2 rings (SSSR count). The molecular formula is C13H16N2O5. The molecule has 1 unspecified atom stereocenters. The van der Waals surface area contributed by atoms with E-state index in [9.17, 15) is 20.0 Å². The zero-order chi connectivity index (χ0) is 14.7. The number of aromatic hydroxyl groups is 1. The summed E-state index contributed by atoms with van der Waals surface area (Å²) in [7, 11) is 0.